The van der Waals surface area contributed by atoms with E-state index >= 15 is 0 Å². The maximum absolute atomic E-state index is 5.52. The zero-order chi connectivity index (χ0) is 13.7. The highest BCUT2D eigenvalue weighted by Gasteiger charge is 2.09. The number of rotatable bonds is 5. The van der Waals surface area contributed by atoms with E-state index in [9.17, 15) is 0 Å². The Kier molecular flexibility index (Phi) is 4.76. The fourth-order valence-electron chi connectivity index (χ4n) is 1.93. The predicted octanol–water partition coefficient (Wildman–Crippen LogP) is 2.93. The fraction of sp³-hybridized carbons (Fsp3) is 0.286. The quantitative estimate of drug-likeness (QED) is 0.498. The van der Waals surface area contributed by atoms with Gasteiger partial charge in [0.05, 0.1) is 5.75 Å². The molecule has 1 aromatic heterocycles. The zero-order valence-electron chi connectivity index (χ0n) is 11.2. The summed E-state index contributed by atoms with van der Waals surface area (Å²) in [5.74, 6) is 7.80. The summed E-state index contributed by atoms with van der Waals surface area (Å²) >= 11 is 1.72. The third kappa shape index (κ3) is 3.45. The number of hydrazine groups is 1. The van der Waals surface area contributed by atoms with Crippen molar-refractivity contribution in [3.63, 3.8) is 0 Å². The van der Waals surface area contributed by atoms with Crippen LogP contribution in [0.1, 0.15) is 24.0 Å². The van der Waals surface area contributed by atoms with E-state index in [2.05, 4.69) is 34.5 Å². The molecule has 19 heavy (non-hydrogen) atoms. The number of nitrogens with two attached hydrogens (primary N) is 1. The predicted molar refractivity (Wildman–Crippen MR) is 80.0 cm³/mol. The van der Waals surface area contributed by atoms with Crippen molar-refractivity contribution in [3.8, 4) is 0 Å². The van der Waals surface area contributed by atoms with Crippen LogP contribution in [0.4, 0.5) is 5.82 Å². The van der Waals surface area contributed by atoms with Gasteiger partial charge in [0.1, 0.15) is 11.6 Å². The molecule has 0 amide bonds. The lowest BCUT2D eigenvalue weighted by Crippen LogP contribution is -2.14. The van der Waals surface area contributed by atoms with Crippen LogP contribution in [0.5, 0.6) is 0 Å². The van der Waals surface area contributed by atoms with E-state index in [0.717, 1.165) is 35.1 Å². The number of nitrogens with one attached hydrogen (secondary N) is 1. The number of hydrogen-bond acceptors (Lipinski definition) is 5. The summed E-state index contributed by atoms with van der Waals surface area (Å²) in [4.78, 5) is 10.2. The minimum absolute atomic E-state index is 0.735. The fourth-order valence-corrected chi connectivity index (χ4v) is 2.70. The van der Waals surface area contributed by atoms with Gasteiger partial charge in [0.2, 0.25) is 0 Å². The van der Waals surface area contributed by atoms with Gasteiger partial charge in [-0.3, -0.25) is 0 Å². The summed E-state index contributed by atoms with van der Waals surface area (Å²) < 4.78 is 0. The Labute approximate surface area is 117 Å². The molecule has 2 aromatic rings. The average Bonchev–Trinajstić information content (AvgIpc) is 2.45. The van der Waals surface area contributed by atoms with Crippen LogP contribution in [0.15, 0.2) is 35.2 Å². The van der Waals surface area contributed by atoms with Crippen molar-refractivity contribution in [2.24, 2.45) is 5.84 Å². The van der Waals surface area contributed by atoms with Crippen molar-refractivity contribution >= 4 is 17.6 Å². The summed E-state index contributed by atoms with van der Waals surface area (Å²) in [6.07, 6.45) is 0.872. The first-order valence-corrected chi connectivity index (χ1v) is 7.24. The van der Waals surface area contributed by atoms with E-state index in [-0.39, 0.29) is 0 Å². The number of nitrogen functional groups attached to an aromatic ring is 1. The molecule has 1 aromatic carbocycles. The van der Waals surface area contributed by atoms with E-state index in [1.54, 1.807) is 11.8 Å². The molecule has 0 spiro atoms. The van der Waals surface area contributed by atoms with E-state index in [1.807, 2.05) is 25.1 Å². The lowest BCUT2D eigenvalue weighted by molar-refractivity contribution is 0.935. The van der Waals surface area contributed by atoms with Crippen molar-refractivity contribution in [1.82, 2.24) is 9.97 Å². The molecule has 0 aliphatic carbocycles. The third-order valence-corrected chi connectivity index (χ3v) is 3.87. The normalized spacial score (nSPS) is 10.5. The molecule has 0 atom stereocenters. The lowest BCUT2D eigenvalue weighted by Gasteiger charge is -2.11. The number of hydrogen-bond donors (Lipinski definition) is 2. The van der Waals surface area contributed by atoms with Crippen molar-refractivity contribution in [2.75, 3.05) is 5.43 Å². The summed E-state index contributed by atoms with van der Waals surface area (Å²) in [5, 5.41) is 0. The highest BCUT2D eigenvalue weighted by Crippen LogP contribution is 2.23. The molecule has 0 saturated carbocycles. The largest absolute Gasteiger partial charge is 0.308 e. The second-order valence-electron chi connectivity index (χ2n) is 4.15. The molecule has 4 nitrogen and oxygen atoms in total. The molecule has 0 fully saturated rings. The Morgan fingerprint density at radius 2 is 1.95 bits per heavy atom. The SMILES string of the molecule is CCc1c(C)nc(CSc2ccccc2)nc1NN. The summed E-state index contributed by atoms with van der Waals surface area (Å²) in [6.45, 7) is 4.07. The van der Waals surface area contributed by atoms with Gasteiger partial charge in [-0.2, -0.15) is 0 Å². The van der Waals surface area contributed by atoms with Gasteiger partial charge in [-0.15, -0.1) is 11.8 Å². The number of nitrogens with zero attached hydrogens (tertiary/aromatic N) is 2. The second kappa shape index (κ2) is 6.54. The Bertz CT molecular complexity index is 543. The molecular formula is C14H18N4S. The summed E-state index contributed by atoms with van der Waals surface area (Å²) in [6, 6.07) is 10.2. The first-order valence-electron chi connectivity index (χ1n) is 6.25. The summed E-state index contributed by atoms with van der Waals surface area (Å²) in [5.41, 5.74) is 4.74. The highest BCUT2D eigenvalue weighted by molar-refractivity contribution is 7.98. The van der Waals surface area contributed by atoms with E-state index in [1.165, 1.54) is 4.90 Å². The van der Waals surface area contributed by atoms with Crippen molar-refractivity contribution in [3.05, 3.63) is 47.4 Å². The monoisotopic (exact) mass is 274 g/mol. The molecule has 0 radical (unpaired) electrons. The topological polar surface area (TPSA) is 63.8 Å². The van der Waals surface area contributed by atoms with Crippen LogP contribution in [0.25, 0.3) is 0 Å². The highest BCUT2D eigenvalue weighted by atomic mass is 32.2. The number of aromatic nitrogens is 2. The van der Waals surface area contributed by atoms with Crippen molar-refractivity contribution in [1.29, 1.82) is 0 Å². The van der Waals surface area contributed by atoms with E-state index < -0.39 is 0 Å². The summed E-state index contributed by atoms with van der Waals surface area (Å²) in [7, 11) is 0. The van der Waals surface area contributed by atoms with Gasteiger partial charge in [0, 0.05) is 16.2 Å². The molecule has 3 N–H and O–H groups in total. The Hall–Kier alpha value is -1.59. The van der Waals surface area contributed by atoms with Crippen LogP contribution in [0.2, 0.25) is 0 Å². The van der Waals surface area contributed by atoms with Crippen LogP contribution < -0.4 is 11.3 Å². The number of anilines is 1. The van der Waals surface area contributed by atoms with Crippen LogP contribution in [-0.4, -0.2) is 9.97 Å². The Morgan fingerprint density at radius 3 is 2.58 bits per heavy atom. The first-order chi connectivity index (χ1) is 9.24. The van der Waals surface area contributed by atoms with Crippen LogP contribution in [0, 0.1) is 6.92 Å². The number of thioether (sulfide) groups is 1. The second-order valence-corrected chi connectivity index (χ2v) is 5.20. The number of aryl methyl sites for hydroxylation is 1. The average molecular weight is 274 g/mol. The molecule has 1 heterocycles. The molecule has 0 saturated heterocycles. The lowest BCUT2D eigenvalue weighted by atomic mass is 10.2. The molecule has 0 bridgehead atoms. The van der Waals surface area contributed by atoms with Crippen LogP contribution in [0.3, 0.4) is 0 Å². The van der Waals surface area contributed by atoms with Gasteiger partial charge in [0.25, 0.3) is 0 Å². The third-order valence-electron chi connectivity index (χ3n) is 2.86. The van der Waals surface area contributed by atoms with Crippen LogP contribution in [-0.2, 0) is 12.2 Å². The Balaban J connectivity index is 2.15. The molecule has 2 rings (SSSR count). The minimum atomic E-state index is 0.735. The van der Waals surface area contributed by atoms with Crippen molar-refractivity contribution in [2.45, 2.75) is 30.9 Å². The maximum atomic E-state index is 5.52. The van der Waals surface area contributed by atoms with Gasteiger partial charge in [-0.25, -0.2) is 15.8 Å². The van der Waals surface area contributed by atoms with Gasteiger partial charge >= 0.3 is 0 Å². The smallest absolute Gasteiger partial charge is 0.147 e. The molecule has 0 aliphatic heterocycles. The zero-order valence-corrected chi connectivity index (χ0v) is 12.0. The first kappa shape index (κ1) is 13.8. The Morgan fingerprint density at radius 1 is 1.21 bits per heavy atom. The van der Waals surface area contributed by atoms with Gasteiger partial charge in [-0.1, -0.05) is 25.1 Å². The van der Waals surface area contributed by atoms with Crippen molar-refractivity contribution < 1.29 is 0 Å². The molecule has 0 unspecified atom stereocenters. The van der Waals surface area contributed by atoms with E-state index in [0.29, 0.717) is 0 Å². The molecule has 0 aliphatic rings. The minimum Gasteiger partial charge on any atom is -0.308 e. The molecular weight excluding hydrogens is 256 g/mol. The standard InChI is InChI=1S/C14H18N4S/c1-3-12-10(2)16-13(17-14(12)18-15)9-19-11-7-5-4-6-8-11/h4-8H,3,9,15H2,1-2H3,(H,16,17,18). The van der Waals surface area contributed by atoms with Gasteiger partial charge < -0.3 is 5.43 Å². The maximum Gasteiger partial charge on any atom is 0.147 e. The number of benzene rings is 1. The molecule has 5 heteroatoms. The van der Waals surface area contributed by atoms with Gasteiger partial charge in [0.15, 0.2) is 0 Å². The molecule has 100 valence electrons. The van der Waals surface area contributed by atoms with E-state index in [4.69, 9.17) is 5.84 Å². The van der Waals surface area contributed by atoms with Crippen LogP contribution >= 0.6 is 11.8 Å². The van der Waals surface area contributed by atoms with Gasteiger partial charge in [-0.05, 0) is 25.5 Å².